The predicted octanol–water partition coefficient (Wildman–Crippen LogP) is 2.98. The first kappa shape index (κ1) is 18.9. The zero-order valence-electron chi connectivity index (χ0n) is 15.8. The van der Waals surface area contributed by atoms with Crippen LogP contribution in [0.15, 0.2) is 27.6 Å². The van der Waals surface area contributed by atoms with Gasteiger partial charge in [0.15, 0.2) is 16.8 Å². The van der Waals surface area contributed by atoms with Crippen LogP contribution in [-0.2, 0) is 10.3 Å². The number of nitrogens with one attached hydrogen (secondary N) is 1. The quantitative estimate of drug-likeness (QED) is 0.815. The number of nitrogens with two attached hydrogens (primary N) is 1. The van der Waals surface area contributed by atoms with Crippen molar-refractivity contribution in [1.82, 2.24) is 4.98 Å². The van der Waals surface area contributed by atoms with Crippen molar-refractivity contribution in [3.05, 3.63) is 46.9 Å². The number of hydrogen-bond donors (Lipinski definition) is 2. The summed E-state index contributed by atoms with van der Waals surface area (Å²) in [5.41, 5.74) is 5.67. The Bertz CT molecular complexity index is 992. The molecular weight excluding hydrogens is 383 g/mol. The lowest BCUT2D eigenvalue weighted by atomic mass is 9.70. The van der Waals surface area contributed by atoms with Gasteiger partial charge in [-0.1, -0.05) is 18.7 Å². The van der Waals surface area contributed by atoms with E-state index in [1.807, 2.05) is 6.92 Å². The van der Waals surface area contributed by atoms with E-state index in [-0.39, 0.29) is 12.3 Å². The minimum absolute atomic E-state index is 0.201. The lowest BCUT2D eigenvalue weighted by Crippen LogP contribution is -2.48. The SMILES string of the molecule is Cc1nc(C(=O)Nc2ccc(F)c([C@]34COC[C@@]3(C)CSC(N)=N4)c2)c(C)o1. The summed E-state index contributed by atoms with van der Waals surface area (Å²) in [6.07, 6.45) is 0. The number of amides is 1. The van der Waals surface area contributed by atoms with Crippen LogP contribution in [0.4, 0.5) is 10.1 Å². The second-order valence-electron chi connectivity index (χ2n) is 7.44. The molecule has 2 aromatic rings. The lowest BCUT2D eigenvalue weighted by molar-refractivity contribution is 0.102. The molecule has 4 rings (SSSR count). The minimum atomic E-state index is -0.923. The van der Waals surface area contributed by atoms with Gasteiger partial charge in [0.25, 0.3) is 5.91 Å². The summed E-state index contributed by atoms with van der Waals surface area (Å²) in [5.74, 6) is 0.679. The fraction of sp³-hybridized carbons (Fsp3) is 0.421. The number of aromatic nitrogens is 1. The molecule has 0 spiro atoms. The number of anilines is 1. The molecule has 148 valence electrons. The summed E-state index contributed by atoms with van der Waals surface area (Å²) in [6.45, 7) is 6.06. The molecule has 1 fully saturated rings. The highest BCUT2D eigenvalue weighted by molar-refractivity contribution is 8.13. The smallest absolute Gasteiger partial charge is 0.277 e. The number of carbonyl (C=O) groups is 1. The Morgan fingerprint density at radius 1 is 1.36 bits per heavy atom. The van der Waals surface area contributed by atoms with Gasteiger partial charge in [-0.3, -0.25) is 4.79 Å². The van der Waals surface area contributed by atoms with E-state index in [4.69, 9.17) is 14.9 Å². The van der Waals surface area contributed by atoms with Crippen molar-refractivity contribution in [3.63, 3.8) is 0 Å². The maximum absolute atomic E-state index is 14.9. The number of hydrogen-bond acceptors (Lipinski definition) is 7. The van der Waals surface area contributed by atoms with Crippen molar-refractivity contribution < 1.29 is 18.3 Å². The van der Waals surface area contributed by atoms with Crippen LogP contribution in [-0.4, -0.2) is 35.0 Å². The van der Waals surface area contributed by atoms with Gasteiger partial charge in [0.05, 0.1) is 13.2 Å². The van der Waals surface area contributed by atoms with Crippen LogP contribution >= 0.6 is 11.8 Å². The molecule has 0 saturated carbocycles. The fourth-order valence-electron chi connectivity index (χ4n) is 3.81. The highest BCUT2D eigenvalue weighted by Gasteiger charge is 2.57. The van der Waals surface area contributed by atoms with Crippen LogP contribution in [0.2, 0.25) is 0 Å². The van der Waals surface area contributed by atoms with Gasteiger partial charge >= 0.3 is 0 Å². The number of benzene rings is 1. The van der Waals surface area contributed by atoms with Gasteiger partial charge in [0.1, 0.15) is 17.1 Å². The Hall–Kier alpha value is -2.39. The number of carbonyl (C=O) groups excluding carboxylic acids is 1. The maximum atomic E-state index is 14.9. The Balaban J connectivity index is 1.73. The number of aliphatic imine (C=N–C) groups is 1. The van der Waals surface area contributed by atoms with Gasteiger partial charge in [-0.05, 0) is 25.1 Å². The third-order valence-electron chi connectivity index (χ3n) is 5.36. The number of fused-ring (bicyclic) bond motifs is 1. The molecular formula is C19H21FN4O3S. The normalized spacial score (nSPS) is 26.6. The summed E-state index contributed by atoms with van der Waals surface area (Å²) in [4.78, 5) is 21.3. The third kappa shape index (κ3) is 2.89. The van der Waals surface area contributed by atoms with Gasteiger partial charge in [-0.25, -0.2) is 14.4 Å². The number of ether oxygens (including phenoxy) is 1. The largest absolute Gasteiger partial charge is 0.445 e. The number of thioether (sulfide) groups is 1. The van der Waals surface area contributed by atoms with Crippen LogP contribution in [0.25, 0.3) is 0 Å². The molecule has 2 aliphatic heterocycles. The van der Waals surface area contributed by atoms with Crippen LogP contribution in [0, 0.1) is 25.1 Å². The number of aryl methyl sites for hydroxylation is 2. The first-order chi connectivity index (χ1) is 13.2. The standard InChI is InChI=1S/C19H21FN4O3S/c1-10-15(22-11(2)27-10)16(25)23-12-4-5-14(20)13(6-12)19-8-26-7-18(19,3)9-28-17(21)24-19/h4-6H,7-9H2,1-3H3,(H2,21,24)(H,23,25)/t18-,19+/m0/s1. The molecule has 28 heavy (non-hydrogen) atoms. The van der Waals surface area contributed by atoms with Crippen LogP contribution in [0.5, 0.6) is 0 Å². The Morgan fingerprint density at radius 2 is 2.14 bits per heavy atom. The zero-order chi connectivity index (χ0) is 20.1. The molecule has 1 amide bonds. The molecule has 1 aromatic carbocycles. The number of nitrogens with zero attached hydrogens (tertiary/aromatic N) is 2. The first-order valence-electron chi connectivity index (χ1n) is 8.85. The summed E-state index contributed by atoms with van der Waals surface area (Å²) < 4.78 is 25.9. The minimum Gasteiger partial charge on any atom is -0.445 e. The van der Waals surface area contributed by atoms with E-state index in [0.717, 1.165) is 0 Å². The molecule has 0 aliphatic carbocycles. The van der Waals surface area contributed by atoms with E-state index in [0.29, 0.717) is 40.4 Å². The molecule has 3 N–H and O–H groups in total. The second kappa shape index (κ2) is 6.59. The second-order valence-corrected chi connectivity index (χ2v) is 8.43. The third-order valence-corrected chi connectivity index (χ3v) is 6.53. The van der Waals surface area contributed by atoms with Crippen molar-refractivity contribution >= 4 is 28.5 Å². The predicted molar refractivity (Wildman–Crippen MR) is 105 cm³/mol. The molecule has 1 saturated heterocycles. The maximum Gasteiger partial charge on any atom is 0.277 e. The molecule has 1 aromatic heterocycles. The highest BCUT2D eigenvalue weighted by atomic mass is 32.2. The van der Waals surface area contributed by atoms with Crippen molar-refractivity contribution in [2.45, 2.75) is 26.3 Å². The van der Waals surface area contributed by atoms with Crippen molar-refractivity contribution in [1.29, 1.82) is 0 Å². The summed E-state index contributed by atoms with van der Waals surface area (Å²) in [7, 11) is 0. The van der Waals surface area contributed by atoms with E-state index in [2.05, 4.69) is 15.3 Å². The van der Waals surface area contributed by atoms with Crippen molar-refractivity contribution in [2.75, 3.05) is 24.3 Å². The molecule has 0 radical (unpaired) electrons. The molecule has 2 aliphatic rings. The monoisotopic (exact) mass is 404 g/mol. The molecule has 3 heterocycles. The van der Waals surface area contributed by atoms with Crippen LogP contribution in [0.1, 0.15) is 34.6 Å². The van der Waals surface area contributed by atoms with Gasteiger partial charge in [-0.2, -0.15) is 0 Å². The Labute approximate surface area is 165 Å². The Kier molecular flexibility index (Phi) is 4.46. The van der Waals surface area contributed by atoms with Gasteiger partial charge in [0.2, 0.25) is 0 Å². The number of amidine groups is 1. The molecule has 0 unspecified atom stereocenters. The van der Waals surface area contributed by atoms with Crippen molar-refractivity contribution in [2.24, 2.45) is 16.1 Å². The summed E-state index contributed by atoms with van der Waals surface area (Å²) in [5, 5.41) is 3.17. The molecule has 2 atom stereocenters. The topological polar surface area (TPSA) is 103 Å². The van der Waals surface area contributed by atoms with Crippen molar-refractivity contribution in [3.8, 4) is 0 Å². The van der Waals surface area contributed by atoms with E-state index < -0.39 is 22.7 Å². The lowest BCUT2D eigenvalue weighted by Gasteiger charge is -2.42. The highest BCUT2D eigenvalue weighted by Crippen LogP contribution is 2.53. The van der Waals surface area contributed by atoms with Crippen LogP contribution < -0.4 is 11.1 Å². The van der Waals surface area contributed by atoms with Crippen LogP contribution in [0.3, 0.4) is 0 Å². The number of oxazole rings is 1. The van der Waals surface area contributed by atoms with E-state index in [9.17, 15) is 9.18 Å². The molecule has 7 nitrogen and oxygen atoms in total. The van der Waals surface area contributed by atoms with E-state index >= 15 is 0 Å². The average Bonchev–Trinajstić information content (AvgIpc) is 3.16. The fourth-order valence-corrected chi connectivity index (χ4v) is 4.82. The van der Waals surface area contributed by atoms with Gasteiger partial charge < -0.3 is 20.2 Å². The average molecular weight is 404 g/mol. The zero-order valence-corrected chi connectivity index (χ0v) is 16.7. The summed E-state index contributed by atoms with van der Waals surface area (Å²) >= 11 is 1.45. The van der Waals surface area contributed by atoms with Gasteiger partial charge in [-0.15, -0.1) is 0 Å². The Morgan fingerprint density at radius 3 is 2.86 bits per heavy atom. The van der Waals surface area contributed by atoms with Gasteiger partial charge in [0, 0.05) is 29.3 Å². The number of rotatable bonds is 3. The van der Waals surface area contributed by atoms with E-state index in [1.54, 1.807) is 19.9 Å². The molecule has 0 bridgehead atoms. The first-order valence-corrected chi connectivity index (χ1v) is 9.84. The van der Waals surface area contributed by atoms with E-state index in [1.165, 1.54) is 23.9 Å². The number of halogens is 1. The molecule has 9 heteroatoms. The summed E-state index contributed by atoms with van der Waals surface area (Å²) in [6, 6.07) is 4.44.